The Morgan fingerprint density at radius 3 is 1.78 bits per heavy atom. The molecule has 6 heteroatoms. The smallest absolute Gasteiger partial charge is 0.367 e. The second-order valence-corrected chi connectivity index (χ2v) is 4.84. The van der Waals surface area contributed by atoms with Crippen LogP contribution in [0.2, 0.25) is 0 Å². The molecule has 0 aliphatic rings. The summed E-state index contributed by atoms with van der Waals surface area (Å²) >= 11 is 0. The molecule has 2 aromatic carbocycles. The molecular formula is C17H13F5O. The molecule has 0 aliphatic heterocycles. The Bertz CT molecular complexity index is 668. The van der Waals surface area contributed by atoms with E-state index in [0.29, 0.717) is 16.7 Å². The number of halogens is 5. The van der Waals surface area contributed by atoms with Gasteiger partial charge in [0.1, 0.15) is 0 Å². The zero-order valence-corrected chi connectivity index (χ0v) is 12.1. The van der Waals surface area contributed by atoms with Gasteiger partial charge in [0.2, 0.25) is 0 Å². The molecule has 0 saturated heterocycles. The van der Waals surface area contributed by atoms with Crippen molar-refractivity contribution in [3.8, 4) is 11.1 Å². The van der Waals surface area contributed by atoms with E-state index >= 15 is 0 Å². The average molecular weight is 328 g/mol. The highest BCUT2D eigenvalue weighted by atomic mass is 19.4. The van der Waals surface area contributed by atoms with Crippen molar-refractivity contribution in [1.82, 2.24) is 0 Å². The first-order chi connectivity index (χ1) is 10.8. The van der Waals surface area contributed by atoms with E-state index in [2.05, 4.69) is 4.74 Å². The van der Waals surface area contributed by atoms with E-state index in [1.807, 2.05) is 0 Å². The van der Waals surface area contributed by atoms with Crippen molar-refractivity contribution in [3.05, 3.63) is 65.7 Å². The summed E-state index contributed by atoms with van der Waals surface area (Å²) < 4.78 is 67.2. The molecule has 0 heterocycles. The molecule has 2 rings (SSSR count). The molecular weight excluding hydrogens is 315 g/mol. The monoisotopic (exact) mass is 328 g/mol. The zero-order valence-electron chi connectivity index (χ0n) is 12.1. The third-order valence-corrected chi connectivity index (χ3v) is 3.27. The topological polar surface area (TPSA) is 9.23 Å². The number of methoxy groups -OCH3 is 1. The van der Waals surface area contributed by atoms with Gasteiger partial charge < -0.3 is 4.74 Å². The normalized spacial score (nSPS) is 12.8. The van der Waals surface area contributed by atoms with E-state index in [-0.39, 0.29) is 5.56 Å². The Labute approximate surface area is 130 Å². The number of hydrogen-bond donors (Lipinski definition) is 0. The summed E-state index contributed by atoms with van der Waals surface area (Å²) in [5.41, 5.74) is 1.75. The zero-order chi connectivity index (χ0) is 17.0. The SMILES string of the molecule is COC(c1ccc(-c2ccc(C=C(F)F)cc2)cc1)C(F)(F)F. The van der Waals surface area contributed by atoms with Crippen LogP contribution in [0.4, 0.5) is 22.0 Å². The van der Waals surface area contributed by atoms with Gasteiger partial charge in [0, 0.05) is 13.2 Å². The summed E-state index contributed by atoms with van der Waals surface area (Å²) in [6, 6.07) is 12.0. The molecule has 2 aromatic rings. The predicted molar refractivity (Wildman–Crippen MR) is 77.9 cm³/mol. The minimum atomic E-state index is -4.49. The fourth-order valence-corrected chi connectivity index (χ4v) is 2.21. The number of benzene rings is 2. The first kappa shape index (κ1) is 17.1. The van der Waals surface area contributed by atoms with Crippen LogP contribution in [-0.4, -0.2) is 13.3 Å². The summed E-state index contributed by atoms with van der Waals surface area (Å²) in [5, 5.41) is 0. The highest BCUT2D eigenvalue weighted by Crippen LogP contribution is 2.36. The number of alkyl halides is 3. The molecule has 1 atom stereocenters. The summed E-state index contributed by atoms with van der Waals surface area (Å²) in [5.74, 6) is 0. The van der Waals surface area contributed by atoms with E-state index in [1.54, 1.807) is 12.1 Å². The lowest BCUT2D eigenvalue weighted by Crippen LogP contribution is -2.22. The van der Waals surface area contributed by atoms with Gasteiger partial charge in [0.15, 0.2) is 6.10 Å². The summed E-state index contributed by atoms with van der Waals surface area (Å²) in [6.45, 7) is 0. The van der Waals surface area contributed by atoms with Crippen LogP contribution < -0.4 is 0 Å². The minimum Gasteiger partial charge on any atom is -0.367 e. The standard InChI is InChI=1S/C17H13F5O/c1-23-16(17(20,21)22)14-8-6-13(7-9-14)12-4-2-11(3-5-12)10-15(18)19/h2-10,16H,1H3. The van der Waals surface area contributed by atoms with Crippen LogP contribution in [0.1, 0.15) is 17.2 Å². The summed E-state index contributed by atoms with van der Waals surface area (Å²) in [7, 11) is 1.00. The second-order valence-electron chi connectivity index (χ2n) is 4.84. The maximum absolute atomic E-state index is 12.8. The van der Waals surface area contributed by atoms with E-state index in [0.717, 1.165) is 13.2 Å². The largest absolute Gasteiger partial charge is 0.418 e. The lowest BCUT2D eigenvalue weighted by atomic mass is 10.0. The van der Waals surface area contributed by atoms with E-state index < -0.39 is 18.4 Å². The van der Waals surface area contributed by atoms with Gasteiger partial charge >= 0.3 is 6.18 Å². The first-order valence-electron chi connectivity index (χ1n) is 6.64. The van der Waals surface area contributed by atoms with Crippen molar-refractivity contribution in [2.75, 3.05) is 7.11 Å². The molecule has 0 saturated carbocycles. The Morgan fingerprint density at radius 1 is 0.913 bits per heavy atom. The molecule has 23 heavy (non-hydrogen) atoms. The van der Waals surface area contributed by atoms with Crippen molar-refractivity contribution in [2.45, 2.75) is 12.3 Å². The molecule has 0 bridgehead atoms. The third-order valence-electron chi connectivity index (χ3n) is 3.27. The van der Waals surface area contributed by atoms with Gasteiger partial charge in [0.25, 0.3) is 6.08 Å². The van der Waals surface area contributed by atoms with Gasteiger partial charge in [-0.3, -0.25) is 0 Å². The van der Waals surface area contributed by atoms with Gasteiger partial charge in [-0.25, -0.2) is 0 Å². The van der Waals surface area contributed by atoms with Gasteiger partial charge in [-0.2, -0.15) is 22.0 Å². The van der Waals surface area contributed by atoms with E-state index in [1.165, 1.54) is 36.4 Å². The van der Waals surface area contributed by atoms with Crippen molar-refractivity contribution >= 4 is 6.08 Å². The quantitative estimate of drug-likeness (QED) is 0.641. The van der Waals surface area contributed by atoms with Crippen molar-refractivity contribution < 1.29 is 26.7 Å². The van der Waals surface area contributed by atoms with Gasteiger partial charge in [-0.15, -0.1) is 0 Å². The van der Waals surface area contributed by atoms with Crippen molar-refractivity contribution in [3.63, 3.8) is 0 Å². The van der Waals surface area contributed by atoms with Crippen LogP contribution >= 0.6 is 0 Å². The maximum atomic E-state index is 12.8. The summed E-state index contributed by atoms with van der Waals surface area (Å²) in [6.07, 6.45) is -7.52. The molecule has 1 nitrogen and oxygen atoms in total. The van der Waals surface area contributed by atoms with Crippen molar-refractivity contribution in [1.29, 1.82) is 0 Å². The van der Waals surface area contributed by atoms with E-state index in [9.17, 15) is 22.0 Å². The Balaban J connectivity index is 2.24. The molecule has 0 aromatic heterocycles. The molecule has 0 amide bonds. The molecule has 1 unspecified atom stereocenters. The van der Waals surface area contributed by atoms with Crippen LogP contribution in [0.3, 0.4) is 0 Å². The molecule has 0 radical (unpaired) electrons. The maximum Gasteiger partial charge on any atom is 0.418 e. The second kappa shape index (κ2) is 6.91. The average Bonchev–Trinajstić information content (AvgIpc) is 2.47. The van der Waals surface area contributed by atoms with Crippen molar-refractivity contribution in [2.24, 2.45) is 0 Å². The number of ether oxygens (including phenoxy) is 1. The van der Waals surface area contributed by atoms with Crippen LogP contribution in [0.25, 0.3) is 17.2 Å². The first-order valence-corrected chi connectivity index (χ1v) is 6.64. The van der Waals surface area contributed by atoms with Crippen LogP contribution in [0.15, 0.2) is 54.6 Å². The fraction of sp³-hybridized carbons (Fsp3) is 0.176. The highest BCUT2D eigenvalue weighted by Gasteiger charge is 2.41. The van der Waals surface area contributed by atoms with Gasteiger partial charge in [-0.1, -0.05) is 48.5 Å². The Morgan fingerprint density at radius 2 is 1.39 bits per heavy atom. The molecule has 0 aliphatic carbocycles. The van der Waals surface area contributed by atoms with E-state index in [4.69, 9.17) is 0 Å². The fourth-order valence-electron chi connectivity index (χ4n) is 2.21. The molecule has 0 fully saturated rings. The number of hydrogen-bond acceptors (Lipinski definition) is 1. The molecule has 0 spiro atoms. The Hall–Kier alpha value is -2.21. The van der Waals surface area contributed by atoms with Crippen LogP contribution in [0, 0.1) is 0 Å². The lowest BCUT2D eigenvalue weighted by Gasteiger charge is -2.19. The van der Waals surface area contributed by atoms with Gasteiger partial charge in [-0.05, 0) is 22.3 Å². The minimum absolute atomic E-state index is 0.00260. The third kappa shape index (κ3) is 4.39. The van der Waals surface area contributed by atoms with Crippen LogP contribution in [-0.2, 0) is 4.74 Å². The predicted octanol–water partition coefficient (Wildman–Crippen LogP) is 5.84. The highest BCUT2D eigenvalue weighted by molar-refractivity contribution is 5.66. The van der Waals surface area contributed by atoms with Gasteiger partial charge in [0.05, 0.1) is 0 Å². The lowest BCUT2D eigenvalue weighted by molar-refractivity contribution is -0.215. The number of rotatable bonds is 4. The summed E-state index contributed by atoms with van der Waals surface area (Å²) in [4.78, 5) is 0. The Kier molecular flexibility index (Phi) is 5.15. The van der Waals surface area contributed by atoms with Crippen LogP contribution in [0.5, 0.6) is 0 Å². The molecule has 122 valence electrons. The molecule has 0 N–H and O–H groups in total.